The molecule has 1 N–H and O–H groups in total. The normalized spacial score (nSPS) is 20.8. The van der Waals surface area contributed by atoms with Gasteiger partial charge in [-0.25, -0.2) is 9.97 Å². The van der Waals surface area contributed by atoms with Crippen LogP contribution < -0.4 is 10.2 Å². The number of amides is 1. The summed E-state index contributed by atoms with van der Waals surface area (Å²) >= 11 is 0. The van der Waals surface area contributed by atoms with Crippen molar-refractivity contribution >= 4 is 22.8 Å². The van der Waals surface area contributed by atoms with Crippen LogP contribution in [0.25, 0.3) is 10.9 Å². The summed E-state index contributed by atoms with van der Waals surface area (Å²) in [5.41, 5.74) is 4.49. The van der Waals surface area contributed by atoms with Crippen LogP contribution in [0, 0.1) is 26.7 Å². The largest absolute Gasteiger partial charge is 0.376 e. The van der Waals surface area contributed by atoms with Gasteiger partial charge >= 0.3 is 0 Å². The molecule has 1 aromatic heterocycles. The molecule has 2 aliphatic rings. The Morgan fingerprint density at radius 1 is 1.14 bits per heavy atom. The number of nitrogens with one attached hydrogen (secondary N) is 1. The van der Waals surface area contributed by atoms with E-state index in [9.17, 15) is 4.79 Å². The van der Waals surface area contributed by atoms with Crippen LogP contribution >= 0.6 is 0 Å². The summed E-state index contributed by atoms with van der Waals surface area (Å²) < 4.78 is 11.0. The molecule has 2 saturated heterocycles. The van der Waals surface area contributed by atoms with Crippen LogP contribution in [0.3, 0.4) is 0 Å². The fraction of sp³-hybridized carbons (Fsp3) is 0.591. The first-order valence-electron chi connectivity index (χ1n) is 10.5. The SMILES string of the molecule is Cc1cc2nc(N3CCC(C(=O)NC[C@@H]4COCCO4)CC3)nc(C)c2cc1C. The lowest BCUT2D eigenvalue weighted by Gasteiger charge is -2.32. The zero-order chi connectivity index (χ0) is 20.4. The van der Waals surface area contributed by atoms with Gasteiger partial charge in [-0.1, -0.05) is 0 Å². The minimum absolute atomic E-state index is 0.0298. The van der Waals surface area contributed by atoms with Gasteiger partial charge in [0.1, 0.15) is 0 Å². The Morgan fingerprint density at radius 2 is 1.90 bits per heavy atom. The molecule has 2 aromatic rings. The van der Waals surface area contributed by atoms with Crippen molar-refractivity contribution in [3.63, 3.8) is 0 Å². The summed E-state index contributed by atoms with van der Waals surface area (Å²) in [6.45, 7) is 10.2. The number of nitrogens with zero attached hydrogens (tertiary/aromatic N) is 3. The van der Waals surface area contributed by atoms with E-state index >= 15 is 0 Å². The molecule has 7 heteroatoms. The predicted octanol–water partition coefficient (Wildman–Crippen LogP) is 2.30. The van der Waals surface area contributed by atoms with Gasteiger partial charge in [-0.15, -0.1) is 0 Å². The Labute approximate surface area is 171 Å². The highest BCUT2D eigenvalue weighted by molar-refractivity contribution is 5.83. The molecule has 1 atom stereocenters. The molecule has 4 rings (SSSR count). The number of ether oxygens (including phenoxy) is 2. The predicted molar refractivity (Wildman–Crippen MR) is 112 cm³/mol. The van der Waals surface area contributed by atoms with Crippen molar-refractivity contribution < 1.29 is 14.3 Å². The van der Waals surface area contributed by atoms with Crippen LogP contribution in [0.5, 0.6) is 0 Å². The smallest absolute Gasteiger partial charge is 0.226 e. The molecule has 1 aromatic carbocycles. The Bertz CT molecular complexity index is 887. The first-order chi connectivity index (χ1) is 14.0. The van der Waals surface area contributed by atoms with Gasteiger partial charge in [0.25, 0.3) is 0 Å². The van der Waals surface area contributed by atoms with Gasteiger partial charge in [-0.2, -0.15) is 0 Å². The fourth-order valence-corrected chi connectivity index (χ4v) is 4.02. The topological polar surface area (TPSA) is 76.6 Å². The lowest BCUT2D eigenvalue weighted by molar-refractivity contribution is -0.128. The van der Waals surface area contributed by atoms with Crippen LogP contribution in [-0.4, -0.2) is 61.4 Å². The van der Waals surface area contributed by atoms with Gasteiger partial charge < -0.3 is 19.7 Å². The van der Waals surface area contributed by atoms with Crippen LogP contribution in [0.15, 0.2) is 12.1 Å². The Hall–Kier alpha value is -2.25. The van der Waals surface area contributed by atoms with Crippen LogP contribution in [0.1, 0.15) is 29.7 Å². The molecule has 0 bridgehead atoms. The number of carbonyl (C=O) groups is 1. The van der Waals surface area contributed by atoms with E-state index < -0.39 is 0 Å². The highest BCUT2D eigenvalue weighted by atomic mass is 16.6. The van der Waals surface area contributed by atoms with E-state index in [-0.39, 0.29) is 17.9 Å². The summed E-state index contributed by atoms with van der Waals surface area (Å²) in [6.07, 6.45) is 1.58. The Morgan fingerprint density at radius 3 is 2.62 bits per heavy atom. The molecule has 0 unspecified atom stereocenters. The number of carbonyl (C=O) groups excluding carboxylic acids is 1. The lowest BCUT2D eigenvalue weighted by Crippen LogP contribution is -2.45. The highest BCUT2D eigenvalue weighted by Crippen LogP contribution is 2.26. The molecule has 29 heavy (non-hydrogen) atoms. The van der Waals surface area contributed by atoms with Crippen molar-refractivity contribution in [3.05, 3.63) is 29.0 Å². The monoisotopic (exact) mass is 398 g/mol. The number of aromatic nitrogens is 2. The first-order valence-corrected chi connectivity index (χ1v) is 10.5. The Kier molecular flexibility index (Phi) is 5.96. The summed E-state index contributed by atoms with van der Waals surface area (Å²) in [4.78, 5) is 24.3. The van der Waals surface area contributed by atoms with Gasteiger partial charge in [-0.3, -0.25) is 4.79 Å². The lowest BCUT2D eigenvalue weighted by atomic mass is 9.96. The molecular formula is C22H30N4O3. The number of rotatable bonds is 4. The number of benzene rings is 1. The highest BCUT2D eigenvalue weighted by Gasteiger charge is 2.27. The van der Waals surface area contributed by atoms with Crippen molar-refractivity contribution in [2.24, 2.45) is 5.92 Å². The zero-order valence-corrected chi connectivity index (χ0v) is 17.5. The van der Waals surface area contributed by atoms with Crippen molar-refractivity contribution in [2.75, 3.05) is 44.4 Å². The number of hydrogen-bond acceptors (Lipinski definition) is 6. The van der Waals surface area contributed by atoms with E-state index in [4.69, 9.17) is 19.4 Å². The summed E-state index contributed by atoms with van der Waals surface area (Å²) in [7, 11) is 0. The molecule has 7 nitrogen and oxygen atoms in total. The molecular weight excluding hydrogens is 368 g/mol. The third kappa shape index (κ3) is 4.51. The average molecular weight is 399 g/mol. The molecule has 0 saturated carbocycles. The molecule has 3 heterocycles. The number of piperidine rings is 1. The second kappa shape index (κ2) is 8.63. The van der Waals surface area contributed by atoms with Crippen molar-refractivity contribution in [3.8, 4) is 0 Å². The molecule has 2 aliphatic heterocycles. The van der Waals surface area contributed by atoms with Gasteiger partial charge in [0.05, 0.1) is 37.1 Å². The van der Waals surface area contributed by atoms with Crippen LogP contribution in [-0.2, 0) is 14.3 Å². The molecule has 0 radical (unpaired) electrons. The van der Waals surface area contributed by atoms with E-state index in [0.29, 0.717) is 26.4 Å². The second-order valence-electron chi connectivity index (χ2n) is 8.14. The molecule has 2 fully saturated rings. The van der Waals surface area contributed by atoms with Crippen LogP contribution in [0.2, 0.25) is 0 Å². The number of anilines is 1. The fourth-order valence-electron chi connectivity index (χ4n) is 4.02. The molecule has 0 spiro atoms. The first kappa shape index (κ1) is 20.0. The molecule has 156 valence electrons. The maximum absolute atomic E-state index is 12.5. The maximum Gasteiger partial charge on any atom is 0.226 e. The van der Waals surface area contributed by atoms with Crippen molar-refractivity contribution in [2.45, 2.75) is 39.7 Å². The minimum Gasteiger partial charge on any atom is -0.376 e. The van der Waals surface area contributed by atoms with Gasteiger partial charge in [0, 0.05) is 30.9 Å². The quantitative estimate of drug-likeness (QED) is 0.852. The third-order valence-electron chi connectivity index (χ3n) is 6.03. The van der Waals surface area contributed by atoms with E-state index in [0.717, 1.165) is 48.5 Å². The third-order valence-corrected chi connectivity index (χ3v) is 6.03. The zero-order valence-electron chi connectivity index (χ0n) is 17.5. The molecule has 0 aliphatic carbocycles. The minimum atomic E-state index is -0.0335. The number of fused-ring (bicyclic) bond motifs is 1. The number of aryl methyl sites for hydroxylation is 3. The summed E-state index contributed by atoms with van der Waals surface area (Å²) in [6, 6.07) is 4.31. The van der Waals surface area contributed by atoms with Crippen LogP contribution in [0.4, 0.5) is 5.95 Å². The van der Waals surface area contributed by atoms with E-state index in [1.165, 1.54) is 11.1 Å². The van der Waals surface area contributed by atoms with Crippen molar-refractivity contribution in [1.82, 2.24) is 15.3 Å². The van der Waals surface area contributed by atoms with E-state index in [1.54, 1.807) is 0 Å². The Balaban J connectivity index is 1.36. The van der Waals surface area contributed by atoms with Crippen molar-refractivity contribution in [1.29, 1.82) is 0 Å². The summed E-state index contributed by atoms with van der Waals surface area (Å²) in [5.74, 6) is 0.910. The van der Waals surface area contributed by atoms with Gasteiger partial charge in [-0.05, 0) is 56.9 Å². The molecule has 1 amide bonds. The standard InChI is InChI=1S/C22H30N4O3/c1-14-10-19-16(3)24-22(25-20(19)11-15(14)2)26-6-4-17(5-7-26)21(27)23-12-18-13-28-8-9-29-18/h10-11,17-18H,4-9,12-13H2,1-3H3,(H,23,27)/t18-/m1/s1. The van der Waals surface area contributed by atoms with Gasteiger partial charge in [0.15, 0.2) is 0 Å². The second-order valence-corrected chi connectivity index (χ2v) is 8.14. The number of hydrogen-bond donors (Lipinski definition) is 1. The summed E-state index contributed by atoms with van der Waals surface area (Å²) in [5, 5.41) is 4.14. The van der Waals surface area contributed by atoms with Gasteiger partial charge in [0.2, 0.25) is 11.9 Å². The average Bonchev–Trinajstić information content (AvgIpc) is 2.74. The maximum atomic E-state index is 12.5. The van der Waals surface area contributed by atoms with E-state index in [1.807, 2.05) is 6.92 Å². The van der Waals surface area contributed by atoms with E-state index in [2.05, 4.69) is 36.2 Å².